The fourth-order valence-electron chi connectivity index (χ4n) is 2.01. The molecule has 0 aliphatic rings. The molecule has 0 aliphatic heterocycles. The molecule has 0 atom stereocenters. The first kappa shape index (κ1) is 13.2. The topological polar surface area (TPSA) is 29.9 Å². The highest BCUT2D eigenvalue weighted by Crippen LogP contribution is 2.12. The van der Waals surface area contributed by atoms with Crippen LogP contribution in [0.1, 0.15) is 50.1 Å². The van der Waals surface area contributed by atoms with Crippen molar-refractivity contribution in [2.24, 2.45) is 0 Å². The van der Waals surface area contributed by atoms with Gasteiger partial charge >= 0.3 is 0 Å². The molecule has 0 radical (unpaired) electrons. The molecule has 3 heteroatoms. The summed E-state index contributed by atoms with van der Waals surface area (Å²) in [7, 11) is 0. The number of rotatable bonds is 7. The highest BCUT2D eigenvalue weighted by Gasteiger charge is 2.09. The fraction of sp³-hybridized carbons (Fsp3) is 0.769. The van der Waals surface area contributed by atoms with Gasteiger partial charge in [0.1, 0.15) is 0 Å². The van der Waals surface area contributed by atoms with Crippen molar-refractivity contribution >= 4 is 0 Å². The number of aryl methyl sites for hydroxylation is 2. The summed E-state index contributed by atoms with van der Waals surface area (Å²) < 4.78 is 2.08. The van der Waals surface area contributed by atoms with Crippen molar-refractivity contribution in [3.05, 3.63) is 17.0 Å². The van der Waals surface area contributed by atoms with Crippen molar-refractivity contribution in [3.8, 4) is 0 Å². The van der Waals surface area contributed by atoms with E-state index in [1.165, 1.54) is 36.2 Å². The summed E-state index contributed by atoms with van der Waals surface area (Å²) in [6, 6.07) is 0. The molecule has 16 heavy (non-hydrogen) atoms. The van der Waals surface area contributed by atoms with Crippen LogP contribution in [-0.2, 0) is 13.1 Å². The van der Waals surface area contributed by atoms with E-state index in [0.29, 0.717) is 0 Å². The Morgan fingerprint density at radius 3 is 2.50 bits per heavy atom. The molecule has 3 nitrogen and oxygen atoms in total. The van der Waals surface area contributed by atoms with E-state index in [2.05, 4.69) is 42.8 Å². The molecule has 0 amide bonds. The predicted octanol–water partition coefficient (Wildman–Crippen LogP) is 2.80. The van der Waals surface area contributed by atoms with Crippen molar-refractivity contribution < 1.29 is 0 Å². The third-order valence-electron chi connectivity index (χ3n) is 3.09. The first-order valence-electron chi connectivity index (χ1n) is 6.44. The lowest BCUT2D eigenvalue weighted by molar-refractivity contribution is 0.610. The van der Waals surface area contributed by atoms with Crippen LogP contribution in [0.2, 0.25) is 0 Å². The third kappa shape index (κ3) is 3.34. The summed E-state index contributed by atoms with van der Waals surface area (Å²) in [4.78, 5) is 0. The van der Waals surface area contributed by atoms with E-state index in [4.69, 9.17) is 0 Å². The highest BCUT2D eigenvalue weighted by molar-refractivity contribution is 5.24. The standard InChI is InChI=1S/C13H25N3/c1-5-7-8-9-14-10-13-11(3)15-16(6-2)12(13)4/h14H,5-10H2,1-4H3. The first-order valence-corrected chi connectivity index (χ1v) is 6.44. The summed E-state index contributed by atoms with van der Waals surface area (Å²) >= 11 is 0. The van der Waals surface area contributed by atoms with E-state index in [0.717, 1.165) is 19.6 Å². The molecule has 0 saturated carbocycles. The molecule has 92 valence electrons. The second-order valence-electron chi connectivity index (χ2n) is 4.35. The average molecular weight is 223 g/mol. The summed E-state index contributed by atoms with van der Waals surface area (Å²) in [5, 5.41) is 8.02. The summed E-state index contributed by atoms with van der Waals surface area (Å²) in [6.07, 6.45) is 3.88. The molecule has 0 saturated heterocycles. The molecule has 0 aromatic carbocycles. The van der Waals surface area contributed by atoms with Crippen molar-refractivity contribution in [3.63, 3.8) is 0 Å². The molecule has 0 bridgehead atoms. The summed E-state index contributed by atoms with van der Waals surface area (Å²) in [5.41, 5.74) is 3.85. The molecule has 1 aromatic rings. The highest BCUT2D eigenvalue weighted by atomic mass is 15.3. The Hall–Kier alpha value is -0.830. The molecule has 0 spiro atoms. The van der Waals surface area contributed by atoms with Crippen molar-refractivity contribution in [2.45, 2.75) is 60.0 Å². The molecule has 0 unspecified atom stereocenters. The number of aromatic nitrogens is 2. The van der Waals surface area contributed by atoms with E-state index in [9.17, 15) is 0 Å². The Labute approximate surface area is 99.2 Å². The van der Waals surface area contributed by atoms with Crippen LogP contribution in [0.15, 0.2) is 0 Å². The van der Waals surface area contributed by atoms with Crippen LogP contribution in [0.3, 0.4) is 0 Å². The van der Waals surface area contributed by atoms with Gasteiger partial charge in [0.2, 0.25) is 0 Å². The van der Waals surface area contributed by atoms with Gasteiger partial charge in [-0.1, -0.05) is 19.8 Å². The predicted molar refractivity (Wildman–Crippen MR) is 68.6 cm³/mol. The maximum Gasteiger partial charge on any atom is 0.0641 e. The smallest absolute Gasteiger partial charge is 0.0641 e. The second-order valence-corrected chi connectivity index (χ2v) is 4.35. The van der Waals surface area contributed by atoms with Gasteiger partial charge in [0.15, 0.2) is 0 Å². The lowest BCUT2D eigenvalue weighted by Crippen LogP contribution is -2.15. The lowest BCUT2D eigenvalue weighted by atomic mass is 10.2. The van der Waals surface area contributed by atoms with Crippen LogP contribution in [0.25, 0.3) is 0 Å². The maximum atomic E-state index is 4.52. The van der Waals surface area contributed by atoms with Crippen LogP contribution >= 0.6 is 0 Å². The van der Waals surface area contributed by atoms with Crippen LogP contribution in [0.5, 0.6) is 0 Å². The van der Waals surface area contributed by atoms with E-state index in [1.807, 2.05) is 0 Å². The molecule has 1 rings (SSSR count). The molecule has 1 N–H and O–H groups in total. The molecule has 0 fully saturated rings. The average Bonchev–Trinajstić information content (AvgIpc) is 2.55. The van der Waals surface area contributed by atoms with Crippen molar-refractivity contribution in [2.75, 3.05) is 6.54 Å². The van der Waals surface area contributed by atoms with Gasteiger partial charge in [-0.05, 0) is 33.7 Å². The number of hydrogen-bond acceptors (Lipinski definition) is 2. The molecule has 0 aliphatic carbocycles. The first-order chi connectivity index (χ1) is 7.70. The van der Waals surface area contributed by atoms with Crippen molar-refractivity contribution in [1.82, 2.24) is 15.1 Å². The van der Waals surface area contributed by atoms with Crippen LogP contribution in [0.4, 0.5) is 0 Å². The number of unbranched alkanes of at least 4 members (excludes halogenated alkanes) is 2. The summed E-state index contributed by atoms with van der Waals surface area (Å²) in [5.74, 6) is 0. The molecular weight excluding hydrogens is 198 g/mol. The van der Waals surface area contributed by atoms with Crippen molar-refractivity contribution in [1.29, 1.82) is 0 Å². The Bertz CT molecular complexity index is 315. The number of hydrogen-bond donors (Lipinski definition) is 1. The quantitative estimate of drug-likeness (QED) is 0.720. The minimum Gasteiger partial charge on any atom is -0.313 e. The summed E-state index contributed by atoms with van der Waals surface area (Å²) in [6.45, 7) is 11.7. The largest absolute Gasteiger partial charge is 0.313 e. The van der Waals surface area contributed by atoms with Crippen LogP contribution in [-0.4, -0.2) is 16.3 Å². The fourth-order valence-corrected chi connectivity index (χ4v) is 2.01. The second kappa shape index (κ2) is 6.69. The molecule has 1 heterocycles. The van der Waals surface area contributed by atoms with Gasteiger partial charge in [0.05, 0.1) is 5.69 Å². The lowest BCUT2D eigenvalue weighted by Gasteiger charge is -2.05. The number of nitrogens with one attached hydrogen (secondary N) is 1. The normalized spacial score (nSPS) is 11.0. The van der Waals surface area contributed by atoms with E-state index < -0.39 is 0 Å². The van der Waals surface area contributed by atoms with E-state index >= 15 is 0 Å². The Kier molecular flexibility index (Phi) is 5.53. The SMILES string of the molecule is CCCCCNCc1c(C)nn(CC)c1C. The van der Waals surface area contributed by atoms with Gasteiger partial charge in [0, 0.05) is 24.3 Å². The van der Waals surface area contributed by atoms with Gasteiger partial charge in [-0.25, -0.2) is 0 Å². The Balaban J connectivity index is 2.44. The minimum absolute atomic E-state index is 0.960. The Morgan fingerprint density at radius 2 is 1.94 bits per heavy atom. The molecular formula is C13H25N3. The van der Waals surface area contributed by atoms with Gasteiger partial charge in [-0.3, -0.25) is 4.68 Å². The maximum absolute atomic E-state index is 4.52. The van der Waals surface area contributed by atoms with E-state index in [1.54, 1.807) is 0 Å². The minimum atomic E-state index is 0.960. The van der Waals surface area contributed by atoms with Gasteiger partial charge < -0.3 is 5.32 Å². The number of nitrogens with zero attached hydrogens (tertiary/aromatic N) is 2. The Morgan fingerprint density at radius 1 is 1.19 bits per heavy atom. The van der Waals surface area contributed by atoms with Gasteiger partial charge in [-0.15, -0.1) is 0 Å². The van der Waals surface area contributed by atoms with Crippen LogP contribution in [0, 0.1) is 13.8 Å². The van der Waals surface area contributed by atoms with Crippen LogP contribution < -0.4 is 5.32 Å². The van der Waals surface area contributed by atoms with Gasteiger partial charge in [-0.2, -0.15) is 5.10 Å². The monoisotopic (exact) mass is 223 g/mol. The zero-order valence-electron chi connectivity index (χ0n) is 11.1. The zero-order valence-corrected chi connectivity index (χ0v) is 11.1. The van der Waals surface area contributed by atoms with E-state index in [-0.39, 0.29) is 0 Å². The molecule has 1 aromatic heterocycles. The van der Waals surface area contributed by atoms with Gasteiger partial charge in [0.25, 0.3) is 0 Å². The zero-order chi connectivity index (χ0) is 12.0. The third-order valence-corrected chi connectivity index (χ3v) is 3.09.